The number of methoxy groups -OCH3 is 2. The highest BCUT2D eigenvalue weighted by Gasteiger charge is 2.10. The van der Waals surface area contributed by atoms with Crippen molar-refractivity contribution >= 4 is 29.0 Å². The van der Waals surface area contributed by atoms with Crippen LogP contribution in [0.1, 0.15) is 10.4 Å². The third-order valence-corrected chi connectivity index (χ3v) is 2.88. The number of halogens is 1. The minimum Gasteiger partial charge on any atom is -0.497 e. The Kier molecular flexibility index (Phi) is 4.49. The molecule has 1 aromatic heterocycles. The molecule has 21 heavy (non-hydrogen) atoms. The molecule has 0 atom stereocenters. The largest absolute Gasteiger partial charge is 0.497 e. The van der Waals surface area contributed by atoms with Gasteiger partial charge in [-0.05, 0) is 12.1 Å². The minimum absolute atomic E-state index is 0.156. The van der Waals surface area contributed by atoms with Gasteiger partial charge >= 0.3 is 0 Å². The number of carbonyl (C=O) groups excluding carboxylic acids is 1. The van der Waals surface area contributed by atoms with Crippen molar-refractivity contribution in [3.8, 4) is 11.5 Å². The van der Waals surface area contributed by atoms with Crippen LogP contribution in [0.25, 0.3) is 0 Å². The number of nitrogens with zero attached hydrogens (tertiary/aromatic N) is 1. The fourth-order valence-electron chi connectivity index (χ4n) is 1.73. The highest BCUT2D eigenvalue weighted by molar-refractivity contribution is 6.30. The lowest BCUT2D eigenvalue weighted by Gasteiger charge is -2.10. The Hall–Kier alpha value is -2.47. The Bertz CT molecular complexity index is 634. The molecule has 0 saturated carbocycles. The quantitative estimate of drug-likeness (QED) is 0.848. The first-order valence-electron chi connectivity index (χ1n) is 5.99. The number of hydrogen-bond donors (Lipinski definition) is 2. The number of amides is 1. The molecule has 110 valence electrons. The van der Waals surface area contributed by atoms with Crippen molar-refractivity contribution in [1.82, 2.24) is 4.98 Å². The minimum atomic E-state index is -0.360. The number of nitrogens with two attached hydrogens (primary N) is 1. The average molecular weight is 308 g/mol. The van der Waals surface area contributed by atoms with Crippen molar-refractivity contribution in [3.05, 3.63) is 41.0 Å². The van der Waals surface area contributed by atoms with Gasteiger partial charge in [-0.2, -0.15) is 0 Å². The van der Waals surface area contributed by atoms with E-state index in [0.717, 1.165) is 0 Å². The van der Waals surface area contributed by atoms with Gasteiger partial charge in [0, 0.05) is 29.4 Å². The van der Waals surface area contributed by atoms with Gasteiger partial charge in [0.1, 0.15) is 22.5 Å². The van der Waals surface area contributed by atoms with Crippen LogP contribution in [-0.2, 0) is 0 Å². The second kappa shape index (κ2) is 6.32. The SMILES string of the molecule is COc1cc(NC(=O)c2cc(N)nc(Cl)c2)cc(OC)c1. The number of hydrogen-bond acceptors (Lipinski definition) is 5. The van der Waals surface area contributed by atoms with Crippen LogP contribution in [-0.4, -0.2) is 25.1 Å². The van der Waals surface area contributed by atoms with Crippen molar-refractivity contribution < 1.29 is 14.3 Å². The second-order valence-electron chi connectivity index (χ2n) is 4.16. The molecule has 0 aliphatic carbocycles. The lowest BCUT2D eigenvalue weighted by Crippen LogP contribution is -2.13. The first kappa shape index (κ1) is 14.9. The van der Waals surface area contributed by atoms with Crippen LogP contribution in [0.15, 0.2) is 30.3 Å². The van der Waals surface area contributed by atoms with E-state index in [4.69, 9.17) is 26.8 Å². The lowest BCUT2D eigenvalue weighted by atomic mass is 10.2. The Labute approximate surface area is 126 Å². The molecule has 0 aliphatic heterocycles. The normalized spacial score (nSPS) is 10.0. The zero-order valence-corrected chi connectivity index (χ0v) is 12.3. The molecule has 1 heterocycles. The summed E-state index contributed by atoms with van der Waals surface area (Å²) in [4.78, 5) is 16.0. The van der Waals surface area contributed by atoms with E-state index in [-0.39, 0.29) is 16.9 Å². The Morgan fingerprint density at radius 2 is 1.76 bits per heavy atom. The smallest absolute Gasteiger partial charge is 0.255 e. The predicted molar refractivity (Wildman–Crippen MR) is 81.2 cm³/mol. The van der Waals surface area contributed by atoms with Gasteiger partial charge in [0.2, 0.25) is 0 Å². The summed E-state index contributed by atoms with van der Waals surface area (Å²) in [6.45, 7) is 0. The van der Waals surface area contributed by atoms with E-state index in [0.29, 0.717) is 22.7 Å². The molecule has 0 spiro atoms. The Morgan fingerprint density at radius 3 is 2.29 bits per heavy atom. The number of ether oxygens (including phenoxy) is 2. The molecule has 0 radical (unpaired) electrons. The van der Waals surface area contributed by atoms with E-state index in [9.17, 15) is 4.79 Å². The summed E-state index contributed by atoms with van der Waals surface area (Å²) in [6.07, 6.45) is 0. The van der Waals surface area contributed by atoms with Gasteiger partial charge in [0.05, 0.1) is 14.2 Å². The predicted octanol–water partition coefficient (Wildman–Crippen LogP) is 2.59. The molecule has 0 saturated heterocycles. The highest BCUT2D eigenvalue weighted by atomic mass is 35.5. The Balaban J connectivity index is 2.26. The third kappa shape index (κ3) is 3.76. The molecule has 7 heteroatoms. The van der Waals surface area contributed by atoms with Crippen molar-refractivity contribution in [1.29, 1.82) is 0 Å². The van der Waals surface area contributed by atoms with E-state index in [1.807, 2.05) is 0 Å². The number of aromatic nitrogens is 1. The van der Waals surface area contributed by atoms with Gasteiger partial charge < -0.3 is 20.5 Å². The fourth-order valence-corrected chi connectivity index (χ4v) is 1.95. The summed E-state index contributed by atoms with van der Waals surface area (Å²) in [5.41, 5.74) is 6.41. The summed E-state index contributed by atoms with van der Waals surface area (Å²) < 4.78 is 10.3. The lowest BCUT2D eigenvalue weighted by molar-refractivity contribution is 0.102. The van der Waals surface area contributed by atoms with Gasteiger partial charge in [0.25, 0.3) is 5.91 Å². The molecule has 0 fully saturated rings. The standard InChI is InChI=1S/C14H14ClN3O3/c1-20-10-5-9(6-11(7-10)21-2)17-14(19)8-3-12(15)18-13(16)4-8/h3-7H,1-2H3,(H2,16,18)(H,17,19). The molecular formula is C14H14ClN3O3. The zero-order valence-electron chi connectivity index (χ0n) is 11.5. The van der Waals surface area contributed by atoms with Crippen molar-refractivity contribution in [2.24, 2.45) is 0 Å². The van der Waals surface area contributed by atoms with Gasteiger partial charge in [-0.15, -0.1) is 0 Å². The Morgan fingerprint density at radius 1 is 1.14 bits per heavy atom. The molecule has 0 unspecified atom stereocenters. The van der Waals surface area contributed by atoms with Crippen LogP contribution in [0, 0.1) is 0 Å². The number of benzene rings is 1. The maximum atomic E-state index is 12.2. The van der Waals surface area contributed by atoms with E-state index in [1.165, 1.54) is 26.4 Å². The first-order valence-corrected chi connectivity index (χ1v) is 6.37. The van der Waals surface area contributed by atoms with E-state index >= 15 is 0 Å². The van der Waals surface area contributed by atoms with E-state index in [2.05, 4.69) is 10.3 Å². The van der Waals surface area contributed by atoms with Crippen LogP contribution in [0.3, 0.4) is 0 Å². The molecule has 3 N–H and O–H groups in total. The summed E-state index contributed by atoms with van der Waals surface area (Å²) in [6, 6.07) is 7.93. The number of rotatable bonds is 4. The van der Waals surface area contributed by atoms with Crippen molar-refractivity contribution in [2.45, 2.75) is 0 Å². The topological polar surface area (TPSA) is 86.5 Å². The number of nitrogen functional groups attached to an aromatic ring is 1. The highest BCUT2D eigenvalue weighted by Crippen LogP contribution is 2.26. The fraction of sp³-hybridized carbons (Fsp3) is 0.143. The molecule has 0 bridgehead atoms. The number of nitrogens with one attached hydrogen (secondary N) is 1. The van der Waals surface area contributed by atoms with Gasteiger partial charge in [0.15, 0.2) is 0 Å². The number of carbonyl (C=O) groups is 1. The van der Waals surface area contributed by atoms with E-state index in [1.54, 1.807) is 18.2 Å². The summed E-state index contributed by atoms with van der Waals surface area (Å²) >= 11 is 5.78. The maximum absolute atomic E-state index is 12.2. The summed E-state index contributed by atoms with van der Waals surface area (Å²) in [5.74, 6) is 0.950. The average Bonchev–Trinajstić information content (AvgIpc) is 2.45. The van der Waals surface area contributed by atoms with Crippen LogP contribution in [0.4, 0.5) is 11.5 Å². The number of anilines is 2. The third-order valence-electron chi connectivity index (χ3n) is 2.69. The van der Waals surface area contributed by atoms with Crippen molar-refractivity contribution in [3.63, 3.8) is 0 Å². The van der Waals surface area contributed by atoms with Gasteiger partial charge in [-0.25, -0.2) is 4.98 Å². The van der Waals surface area contributed by atoms with Crippen LogP contribution in [0.5, 0.6) is 11.5 Å². The summed E-state index contributed by atoms with van der Waals surface area (Å²) in [7, 11) is 3.06. The van der Waals surface area contributed by atoms with Crippen LogP contribution in [0.2, 0.25) is 5.15 Å². The molecule has 0 aliphatic rings. The van der Waals surface area contributed by atoms with Crippen molar-refractivity contribution in [2.75, 3.05) is 25.3 Å². The molecule has 2 rings (SSSR count). The monoisotopic (exact) mass is 307 g/mol. The zero-order chi connectivity index (χ0) is 15.4. The van der Waals surface area contributed by atoms with E-state index < -0.39 is 0 Å². The molecular weight excluding hydrogens is 294 g/mol. The molecule has 2 aromatic rings. The van der Waals surface area contributed by atoms with Gasteiger partial charge in [-0.3, -0.25) is 4.79 Å². The first-order chi connectivity index (χ1) is 10.0. The second-order valence-corrected chi connectivity index (χ2v) is 4.55. The maximum Gasteiger partial charge on any atom is 0.255 e. The molecule has 6 nitrogen and oxygen atoms in total. The van der Waals surface area contributed by atoms with Gasteiger partial charge in [-0.1, -0.05) is 11.6 Å². The van der Waals surface area contributed by atoms with Crippen LogP contribution < -0.4 is 20.5 Å². The summed E-state index contributed by atoms with van der Waals surface area (Å²) in [5, 5.41) is 2.88. The molecule has 1 amide bonds. The van der Waals surface area contributed by atoms with Crippen LogP contribution >= 0.6 is 11.6 Å². The number of pyridine rings is 1. The molecule has 1 aromatic carbocycles.